The van der Waals surface area contributed by atoms with Crippen LogP contribution in [0.4, 0.5) is 0 Å². The van der Waals surface area contributed by atoms with Crippen LogP contribution in [0.5, 0.6) is 0 Å². The minimum absolute atomic E-state index is 0.911. The van der Waals surface area contributed by atoms with Crippen molar-refractivity contribution < 1.29 is 4.42 Å². The SMILES string of the molecule is C1=C2C=CC=CC=1c1c(oc3ccccc13)C=C2. The maximum absolute atomic E-state index is 5.90. The molecule has 0 atom stereocenters. The molecule has 0 amide bonds. The molecule has 18 heavy (non-hydrogen) atoms. The fraction of sp³-hybridized carbons (Fsp3) is 0. The van der Waals surface area contributed by atoms with Crippen molar-refractivity contribution in [2.75, 3.05) is 0 Å². The monoisotopic (exact) mass is 230 g/mol. The number of allylic oxidation sites excluding steroid dienone is 6. The van der Waals surface area contributed by atoms with Crippen molar-refractivity contribution in [3.05, 3.63) is 77.3 Å². The minimum Gasteiger partial charge on any atom is -0.456 e. The Hall–Kier alpha value is -2.50. The first-order valence-corrected chi connectivity index (χ1v) is 5.97. The highest BCUT2D eigenvalue weighted by atomic mass is 16.3. The molecule has 4 rings (SSSR count). The van der Waals surface area contributed by atoms with Gasteiger partial charge in [-0.3, -0.25) is 0 Å². The quantitative estimate of drug-likeness (QED) is 0.607. The Bertz CT molecular complexity index is 803. The lowest BCUT2D eigenvalue weighted by atomic mass is 10.0. The molecule has 1 aromatic carbocycles. The van der Waals surface area contributed by atoms with Crippen LogP contribution in [0, 0.1) is 0 Å². The summed E-state index contributed by atoms with van der Waals surface area (Å²) >= 11 is 0. The molecular formula is C17H10O. The fourth-order valence-electron chi connectivity index (χ4n) is 2.42. The summed E-state index contributed by atoms with van der Waals surface area (Å²) in [5, 5.41) is 1.15. The van der Waals surface area contributed by atoms with E-state index in [1.54, 1.807) is 0 Å². The molecule has 0 unspecified atom stereocenters. The van der Waals surface area contributed by atoms with Gasteiger partial charge in [0.1, 0.15) is 11.3 Å². The van der Waals surface area contributed by atoms with Crippen LogP contribution in [-0.2, 0) is 0 Å². The molecule has 0 saturated carbocycles. The molecule has 0 spiro atoms. The normalized spacial score (nSPS) is 16.0. The van der Waals surface area contributed by atoms with Gasteiger partial charge in [-0.2, -0.15) is 0 Å². The van der Waals surface area contributed by atoms with Crippen LogP contribution in [-0.4, -0.2) is 0 Å². The van der Waals surface area contributed by atoms with Crippen LogP contribution < -0.4 is 0 Å². The summed E-state index contributed by atoms with van der Waals surface area (Å²) < 4.78 is 5.90. The Labute approximate surface area is 105 Å². The molecule has 0 aliphatic heterocycles. The zero-order chi connectivity index (χ0) is 11.9. The Balaban J connectivity index is 2.15. The average molecular weight is 230 g/mol. The molecule has 1 heterocycles. The summed E-state index contributed by atoms with van der Waals surface area (Å²) in [5.74, 6) is 0.911. The summed E-state index contributed by atoms with van der Waals surface area (Å²) in [6.07, 6.45) is 12.3. The fourth-order valence-corrected chi connectivity index (χ4v) is 2.42. The highest BCUT2D eigenvalue weighted by Crippen LogP contribution is 2.35. The van der Waals surface area contributed by atoms with E-state index >= 15 is 0 Å². The van der Waals surface area contributed by atoms with E-state index in [0.717, 1.165) is 33.4 Å². The Morgan fingerprint density at radius 2 is 1.78 bits per heavy atom. The Kier molecular flexibility index (Phi) is 1.85. The molecule has 0 N–H and O–H groups in total. The van der Waals surface area contributed by atoms with Crippen LogP contribution in [0.3, 0.4) is 0 Å². The largest absolute Gasteiger partial charge is 0.456 e. The molecule has 2 aliphatic rings. The van der Waals surface area contributed by atoms with Crippen LogP contribution in [0.15, 0.2) is 70.4 Å². The summed E-state index contributed by atoms with van der Waals surface area (Å²) in [4.78, 5) is 0. The summed E-state index contributed by atoms with van der Waals surface area (Å²) in [7, 11) is 0. The first-order chi connectivity index (χ1) is 8.92. The van der Waals surface area contributed by atoms with Crippen LogP contribution >= 0.6 is 0 Å². The predicted molar refractivity (Wildman–Crippen MR) is 74.0 cm³/mol. The zero-order valence-corrected chi connectivity index (χ0v) is 9.68. The van der Waals surface area contributed by atoms with E-state index in [1.807, 2.05) is 48.6 Å². The van der Waals surface area contributed by atoms with Gasteiger partial charge in [0.2, 0.25) is 0 Å². The van der Waals surface area contributed by atoms with Crippen molar-refractivity contribution in [2.24, 2.45) is 0 Å². The molecule has 1 nitrogen and oxygen atoms in total. The number of hydrogen-bond donors (Lipinski definition) is 0. The van der Waals surface area contributed by atoms with Crippen molar-refractivity contribution in [3.8, 4) is 0 Å². The molecule has 0 saturated heterocycles. The van der Waals surface area contributed by atoms with Crippen LogP contribution in [0.1, 0.15) is 11.3 Å². The second kappa shape index (κ2) is 3.49. The molecule has 2 bridgehead atoms. The van der Waals surface area contributed by atoms with Gasteiger partial charge in [0.25, 0.3) is 0 Å². The molecule has 1 aromatic heterocycles. The topological polar surface area (TPSA) is 13.1 Å². The van der Waals surface area contributed by atoms with Crippen molar-refractivity contribution in [3.63, 3.8) is 0 Å². The van der Waals surface area contributed by atoms with E-state index in [1.165, 1.54) is 0 Å². The van der Waals surface area contributed by atoms with Crippen molar-refractivity contribution >= 4 is 22.6 Å². The maximum Gasteiger partial charge on any atom is 0.136 e. The van der Waals surface area contributed by atoms with E-state index in [0.29, 0.717) is 0 Å². The van der Waals surface area contributed by atoms with Gasteiger partial charge in [0.05, 0.1) is 0 Å². The van der Waals surface area contributed by atoms with E-state index in [4.69, 9.17) is 4.42 Å². The number of furan rings is 1. The molecule has 0 radical (unpaired) electrons. The van der Waals surface area contributed by atoms with Crippen LogP contribution in [0.25, 0.3) is 22.6 Å². The Morgan fingerprint density at radius 1 is 0.889 bits per heavy atom. The Morgan fingerprint density at radius 3 is 2.78 bits per heavy atom. The van der Waals surface area contributed by atoms with Crippen molar-refractivity contribution in [2.45, 2.75) is 0 Å². The molecular weight excluding hydrogens is 220 g/mol. The summed E-state index contributed by atoms with van der Waals surface area (Å²) in [5.41, 5.74) is 7.65. The second-order valence-electron chi connectivity index (χ2n) is 4.38. The molecule has 84 valence electrons. The number of benzene rings is 1. The highest BCUT2D eigenvalue weighted by Gasteiger charge is 2.16. The molecule has 2 aliphatic carbocycles. The van der Waals surface area contributed by atoms with Gasteiger partial charge in [-0.05, 0) is 30.4 Å². The van der Waals surface area contributed by atoms with E-state index in [2.05, 4.69) is 17.9 Å². The second-order valence-corrected chi connectivity index (χ2v) is 4.38. The van der Waals surface area contributed by atoms with Gasteiger partial charge < -0.3 is 4.42 Å². The summed E-state index contributed by atoms with van der Waals surface area (Å²) in [6.45, 7) is 0. The first-order valence-electron chi connectivity index (χ1n) is 5.97. The highest BCUT2D eigenvalue weighted by molar-refractivity contribution is 5.98. The van der Waals surface area contributed by atoms with Gasteiger partial charge >= 0.3 is 0 Å². The zero-order valence-electron chi connectivity index (χ0n) is 9.68. The lowest BCUT2D eigenvalue weighted by Crippen LogP contribution is -1.80. The number of hydrogen-bond acceptors (Lipinski definition) is 1. The number of para-hydroxylation sites is 1. The van der Waals surface area contributed by atoms with Crippen LogP contribution in [0.2, 0.25) is 0 Å². The number of fused-ring (bicyclic) bond motifs is 4. The van der Waals surface area contributed by atoms with Crippen molar-refractivity contribution in [1.29, 1.82) is 0 Å². The number of rotatable bonds is 0. The lowest BCUT2D eigenvalue weighted by molar-refractivity contribution is 0.603. The van der Waals surface area contributed by atoms with Gasteiger partial charge in [-0.25, -0.2) is 0 Å². The summed E-state index contributed by atoms with van der Waals surface area (Å²) in [6, 6.07) is 8.13. The van der Waals surface area contributed by atoms with Gasteiger partial charge in [0.15, 0.2) is 0 Å². The smallest absolute Gasteiger partial charge is 0.136 e. The first kappa shape index (κ1) is 9.52. The van der Waals surface area contributed by atoms with E-state index in [-0.39, 0.29) is 0 Å². The van der Waals surface area contributed by atoms with Gasteiger partial charge in [-0.1, -0.05) is 30.4 Å². The van der Waals surface area contributed by atoms with E-state index in [9.17, 15) is 0 Å². The molecule has 2 aromatic rings. The predicted octanol–water partition coefficient (Wildman–Crippen LogP) is 4.49. The van der Waals surface area contributed by atoms with Crippen molar-refractivity contribution in [1.82, 2.24) is 0 Å². The third-order valence-electron chi connectivity index (χ3n) is 3.24. The maximum atomic E-state index is 5.90. The standard InChI is InChI=1S/C17H10O/c1-2-6-13-11-12(5-1)9-10-16-17(13)14-7-3-4-8-15(14)18-16/h1-10H. The third kappa shape index (κ3) is 1.29. The molecule has 1 heteroatoms. The lowest BCUT2D eigenvalue weighted by Gasteiger charge is -1.97. The molecule has 0 fully saturated rings. The van der Waals surface area contributed by atoms with Gasteiger partial charge in [0, 0.05) is 22.1 Å². The van der Waals surface area contributed by atoms with Gasteiger partial charge in [-0.15, -0.1) is 5.73 Å². The average Bonchev–Trinajstić information content (AvgIpc) is 2.53. The van der Waals surface area contributed by atoms with E-state index < -0.39 is 0 Å². The minimum atomic E-state index is 0.911. The third-order valence-corrected chi connectivity index (χ3v) is 3.24.